The zero-order chi connectivity index (χ0) is 10.7. The van der Waals surface area contributed by atoms with Gasteiger partial charge in [0, 0.05) is 6.04 Å². The highest BCUT2D eigenvalue weighted by atomic mass is 35.5. The normalized spacial score (nSPS) is 12.6. The maximum atomic E-state index is 5.97. The van der Waals surface area contributed by atoms with Crippen molar-refractivity contribution in [2.24, 2.45) is 5.73 Å². The molecular weight excluding hydrogens is 221 g/mol. The van der Waals surface area contributed by atoms with Crippen LogP contribution in [0.1, 0.15) is 12.5 Å². The molecule has 0 saturated carbocycles. The van der Waals surface area contributed by atoms with Crippen LogP contribution >= 0.6 is 23.2 Å². The summed E-state index contributed by atoms with van der Waals surface area (Å²) in [6.45, 7) is 1.94. The summed E-state index contributed by atoms with van der Waals surface area (Å²) in [4.78, 5) is 0. The number of benzene rings is 1. The summed E-state index contributed by atoms with van der Waals surface area (Å²) in [5, 5.41) is 1.05. The third kappa shape index (κ3) is 2.77. The first kappa shape index (κ1) is 11.6. The Balaban J connectivity index is 3.01. The monoisotopic (exact) mass is 233 g/mol. The number of ether oxygens (including phenoxy) is 1. The van der Waals surface area contributed by atoms with Crippen LogP contribution < -0.4 is 10.5 Å². The van der Waals surface area contributed by atoms with Crippen LogP contribution in [-0.2, 0) is 6.42 Å². The third-order valence-electron chi connectivity index (χ3n) is 1.82. The first-order valence-electron chi connectivity index (χ1n) is 4.32. The quantitative estimate of drug-likeness (QED) is 0.872. The van der Waals surface area contributed by atoms with Gasteiger partial charge in [-0.15, -0.1) is 0 Å². The number of halogens is 2. The molecule has 0 aliphatic heterocycles. The van der Waals surface area contributed by atoms with Crippen molar-refractivity contribution in [3.8, 4) is 5.75 Å². The van der Waals surface area contributed by atoms with Crippen molar-refractivity contribution in [2.75, 3.05) is 7.11 Å². The number of methoxy groups -OCH3 is 1. The zero-order valence-electron chi connectivity index (χ0n) is 8.18. The van der Waals surface area contributed by atoms with Gasteiger partial charge in [0.15, 0.2) is 5.75 Å². The molecule has 0 aliphatic carbocycles. The molecule has 4 heteroatoms. The van der Waals surface area contributed by atoms with Gasteiger partial charge in [-0.3, -0.25) is 0 Å². The number of rotatable bonds is 3. The molecule has 0 spiro atoms. The molecule has 1 aromatic rings. The molecular formula is C10H13Cl2NO. The van der Waals surface area contributed by atoms with E-state index >= 15 is 0 Å². The fraction of sp³-hybridized carbons (Fsp3) is 0.400. The van der Waals surface area contributed by atoms with Crippen LogP contribution in [0.15, 0.2) is 12.1 Å². The number of nitrogens with two attached hydrogens (primary N) is 1. The van der Waals surface area contributed by atoms with E-state index in [1.807, 2.05) is 19.1 Å². The van der Waals surface area contributed by atoms with Crippen molar-refractivity contribution in [1.29, 1.82) is 0 Å². The maximum absolute atomic E-state index is 5.97. The van der Waals surface area contributed by atoms with Gasteiger partial charge in [0.1, 0.15) is 0 Å². The Labute approximate surface area is 94.0 Å². The van der Waals surface area contributed by atoms with Crippen LogP contribution in [0.3, 0.4) is 0 Å². The van der Waals surface area contributed by atoms with Gasteiger partial charge in [0.25, 0.3) is 0 Å². The van der Waals surface area contributed by atoms with E-state index in [2.05, 4.69) is 0 Å². The maximum Gasteiger partial charge on any atom is 0.156 e. The molecule has 1 rings (SSSR count). The Kier molecular flexibility index (Phi) is 4.05. The molecule has 1 unspecified atom stereocenters. The minimum absolute atomic E-state index is 0.0931. The zero-order valence-corrected chi connectivity index (χ0v) is 9.69. The second-order valence-electron chi connectivity index (χ2n) is 3.27. The summed E-state index contributed by atoms with van der Waals surface area (Å²) in [7, 11) is 1.54. The summed E-state index contributed by atoms with van der Waals surface area (Å²) in [5.74, 6) is 0.516. The SMILES string of the molecule is COc1c(Cl)cc(CC(C)N)cc1Cl. The van der Waals surface area contributed by atoms with Gasteiger partial charge >= 0.3 is 0 Å². The summed E-state index contributed by atoms with van der Waals surface area (Å²) in [5.41, 5.74) is 6.70. The lowest BCUT2D eigenvalue weighted by Gasteiger charge is -2.10. The van der Waals surface area contributed by atoms with Gasteiger partial charge in [0.2, 0.25) is 0 Å². The molecule has 0 amide bonds. The van der Waals surface area contributed by atoms with Crippen molar-refractivity contribution >= 4 is 23.2 Å². The van der Waals surface area contributed by atoms with Crippen LogP contribution in [0.4, 0.5) is 0 Å². The summed E-state index contributed by atoms with van der Waals surface area (Å²) < 4.78 is 5.04. The average molecular weight is 234 g/mol. The van der Waals surface area contributed by atoms with E-state index in [4.69, 9.17) is 33.7 Å². The molecule has 14 heavy (non-hydrogen) atoms. The Morgan fingerprint density at radius 1 is 1.36 bits per heavy atom. The van der Waals surface area contributed by atoms with E-state index in [1.54, 1.807) is 7.11 Å². The predicted molar refractivity (Wildman–Crippen MR) is 60.4 cm³/mol. The van der Waals surface area contributed by atoms with E-state index < -0.39 is 0 Å². The molecule has 0 fully saturated rings. The topological polar surface area (TPSA) is 35.2 Å². The molecule has 0 saturated heterocycles. The minimum Gasteiger partial charge on any atom is -0.494 e. The summed E-state index contributed by atoms with van der Waals surface area (Å²) in [6, 6.07) is 3.75. The van der Waals surface area contributed by atoms with E-state index in [9.17, 15) is 0 Å². The smallest absolute Gasteiger partial charge is 0.156 e. The molecule has 0 aromatic heterocycles. The highest BCUT2D eigenvalue weighted by molar-refractivity contribution is 6.37. The van der Waals surface area contributed by atoms with Gasteiger partial charge in [-0.25, -0.2) is 0 Å². The van der Waals surface area contributed by atoms with Crippen LogP contribution in [0.25, 0.3) is 0 Å². The van der Waals surface area contributed by atoms with Crippen molar-refractivity contribution in [3.05, 3.63) is 27.7 Å². The van der Waals surface area contributed by atoms with Crippen LogP contribution in [-0.4, -0.2) is 13.2 Å². The van der Waals surface area contributed by atoms with Crippen LogP contribution in [0.2, 0.25) is 10.0 Å². The first-order chi connectivity index (χ1) is 6.54. The molecule has 0 heterocycles. The van der Waals surface area contributed by atoms with Crippen molar-refractivity contribution < 1.29 is 4.74 Å². The molecule has 0 aliphatic rings. The lowest BCUT2D eigenvalue weighted by atomic mass is 10.1. The van der Waals surface area contributed by atoms with Gasteiger partial charge in [-0.2, -0.15) is 0 Å². The summed E-state index contributed by atoms with van der Waals surface area (Å²) in [6.07, 6.45) is 0.753. The highest BCUT2D eigenvalue weighted by Crippen LogP contribution is 2.33. The van der Waals surface area contributed by atoms with E-state index in [0.717, 1.165) is 12.0 Å². The van der Waals surface area contributed by atoms with Crippen LogP contribution in [0.5, 0.6) is 5.75 Å². The summed E-state index contributed by atoms with van der Waals surface area (Å²) >= 11 is 11.9. The first-order valence-corrected chi connectivity index (χ1v) is 5.07. The highest BCUT2D eigenvalue weighted by Gasteiger charge is 2.09. The lowest BCUT2D eigenvalue weighted by molar-refractivity contribution is 0.415. The van der Waals surface area contributed by atoms with Crippen LogP contribution in [0, 0.1) is 0 Å². The largest absolute Gasteiger partial charge is 0.494 e. The number of hydrogen-bond donors (Lipinski definition) is 1. The fourth-order valence-electron chi connectivity index (χ4n) is 1.30. The molecule has 2 nitrogen and oxygen atoms in total. The third-order valence-corrected chi connectivity index (χ3v) is 2.38. The minimum atomic E-state index is 0.0931. The fourth-order valence-corrected chi connectivity index (χ4v) is 1.98. The second kappa shape index (κ2) is 4.87. The number of hydrogen-bond acceptors (Lipinski definition) is 2. The molecule has 78 valence electrons. The Bertz CT molecular complexity index is 303. The standard InChI is InChI=1S/C10H13Cl2NO/c1-6(13)3-7-4-8(11)10(14-2)9(12)5-7/h4-6H,3,13H2,1-2H3. The Morgan fingerprint density at radius 3 is 2.21 bits per heavy atom. The van der Waals surface area contributed by atoms with Crippen molar-refractivity contribution in [1.82, 2.24) is 0 Å². The Hall–Kier alpha value is -0.440. The predicted octanol–water partition coefficient (Wildman–Crippen LogP) is 2.89. The van der Waals surface area contributed by atoms with E-state index in [1.165, 1.54) is 0 Å². The van der Waals surface area contributed by atoms with Gasteiger partial charge in [0.05, 0.1) is 17.2 Å². The van der Waals surface area contributed by atoms with Crippen molar-refractivity contribution in [2.45, 2.75) is 19.4 Å². The second-order valence-corrected chi connectivity index (χ2v) is 4.09. The van der Waals surface area contributed by atoms with E-state index in [-0.39, 0.29) is 6.04 Å². The van der Waals surface area contributed by atoms with Gasteiger partial charge in [-0.1, -0.05) is 23.2 Å². The molecule has 2 N–H and O–H groups in total. The van der Waals surface area contributed by atoms with E-state index in [0.29, 0.717) is 15.8 Å². The average Bonchev–Trinajstić information content (AvgIpc) is 2.01. The van der Waals surface area contributed by atoms with Crippen molar-refractivity contribution in [3.63, 3.8) is 0 Å². The molecule has 0 radical (unpaired) electrons. The molecule has 1 atom stereocenters. The molecule has 1 aromatic carbocycles. The lowest BCUT2D eigenvalue weighted by Crippen LogP contribution is -2.17. The van der Waals surface area contributed by atoms with Gasteiger partial charge < -0.3 is 10.5 Å². The van der Waals surface area contributed by atoms with Gasteiger partial charge in [-0.05, 0) is 31.0 Å². The molecule has 0 bridgehead atoms. The Morgan fingerprint density at radius 2 is 1.86 bits per heavy atom.